The second-order valence-electron chi connectivity index (χ2n) is 5.22. The molecule has 116 valence electrons. The number of amidine groups is 1. The summed E-state index contributed by atoms with van der Waals surface area (Å²) >= 11 is 1.25. The summed E-state index contributed by atoms with van der Waals surface area (Å²) < 4.78 is 45.8. The van der Waals surface area contributed by atoms with E-state index in [-0.39, 0.29) is 12.5 Å². The van der Waals surface area contributed by atoms with E-state index in [9.17, 15) is 23.4 Å². The van der Waals surface area contributed by atoms with Crippen molar-refractivity contribution in [3.63, 3.8) is 0 Å². The Hall–Kier alpha value is -0.510. The number of alkyl halides is 3. The van der Waals surface area contributed by atoms with E-state index in [1.54, 1.807) is 14.1 Å². The van der Waals surface area contributed by atoms with Gasteiger partial charge in [0, 0.05) is 6.42 Å². The third kappa shape index (κ3) is 2.40. The third-order valence-electron chi connectivity index (χ3n) is 3.81. The van der Waals surface area contributed by atoms with E-state index in [2.05, 4.69) is 5.32 Å². The standard InChI is InChI=1S/C11H17F3N2O3S/c1-10(18,11(12,13)14)7-6(17)4-5-8(19-7)20-9(15-2)16(5)3/h5-8,17-18H,4H2,1-3H3/p+1. The van der Waals surface area contributed by atoms with Crippen LogP contribution in [-0.2, 0) is 4.74 Å². The second-order valence-corrected chi connectivity index (χ2v) is 6.31. The van der Waals surface area contributed by atoms with Crippen LogP contribution in [0.25, 0.3) is 0 Å². The molecule has 0 aromatic rings. The van der Waals surface area contributed by atoms with Gasteiger partial charge in [0.25, 0.3) is 0 Å². The molecule has 0 aromatic carbocycles. The number of hydrogen-bond donors (Lipinski definition) is 3. The van der Waals surface area contributed by atoms with Gasteiger partial charge in [-0.05, 0) is 18.7 Å². The number of likely N-dealkylation sites (N-methyl/N-ethyl adjacent to an activating group) is 1. The molecule has 5 unspecified atom stereocenters. The Kier molecular flexibility index (Phi) is 4.00. The zero-order valence-corrected chi connectivity index (χ0v) is 12.1. The topological polar surface area (TPSA) is 64.7 Å². The van der Waals surface area contributed by atoms with Crippen molar-refractivity contribution < 1.29 is 32.7 Å². The van der Waals surface area contributed by atoms with Crippen molar-refractivity contribution in [3.8, 4) is 0 Å². The van der Waals surface area contributed by atoms with E-state index in [0.29, 0.717) is 6.92 Å². The normalized spacial score (nSPS) is 37.6. The lowest BCUT2D eigenvalue weighted by molar-refractivity contribution is -0.550. The molecular formula is C11H18F3N2O3S+. The highest BCUT2D eigenvalue weighted by Gasteiger charge is 2.61. The highest BCUT2D eigenvalue weighted by Crippen LogP contribution is 2.42. The summed E-state index contributed by atoms with van der Waals surface area (Å²) in [5, 5.41) is 23.3. The average molecular weight is 315 g/mol. The Balaban J connectivity index is 2.20. The lowest BCUT2D eigenvalue weighted by atomic mass is 9.88. The first-order chi connectivity index (χ1) is 9.09. The van der Waals surface area contributed by atoms with Gasteiger partial charge in [0.1, 0.15) is 12.1 Å². The first kappa shape index (κ1) is 15.9. The lowest BCUT2D eigenvalue weighted by Gasteiger charge is -2.42. The van der Waals surface area contributed by atoms with Gasteiger partial charge in [0.15, 0.2) is 11.0 Å². The summed E-state index contributed by atoms with van der Waals surface area (Å²) in [5.41, 5.74) is -3.64. The SMILES string of the molecule is CNC1=[N+](C)C2CC(O)C(C(C)(O)C(F)(F)F)OC2S1. The molecular weight excluding hydrogens is 297 g/mol. The van der Waals surface area contributed by atoms with E-state index >= 15 is 0 Å². The second kappa shape index (κ2) is 5.04. The van der Waals surface area contributed by atoms with Crippen LogP contribution in [0.4, 0.5) is 13.2 Å². The molecule has 2 heterocycles. The summed E-state index contributed by atoms with van der Waals surface area (Å²) in [7, 11) is 3.48. The van der Waals surface area contributed by atoms with Crippen molar-refractivity contribution in [1.82, 2.24) is 5.32 Å². The molecule has 2 aliphatic heterocycles. The van der Waals surface area contributed by atoms with E-state index in [4.69, 9.17) is 4.74 Å². The molecule has 5 nitrogen and oxygen atoms in total. The van der Waals surface area contributed by atoms with E-state index in [1.165, 1.54) is 11.8 Å². The van der Waals surface area contributed by atoms with E-state index < -0.39 is 29.4 Å². The summed E-state index contributed by atoms with van der Waals surface area (Å²) in [6.45, 7) is 0.632. The Labute approximate surface area is 118 Å². The van der Waals surface area contributed by atoms with Gasteiger partial charge in [-0.15, -0.1) is 0 Å². The number of aliphatic hydroxyl groups is 2. The number of hydrogen-bond acceptors (Lipinski definition) is 5. The molecule has 1 saturated heterocycles. The van der Waals surface area contributed by atoms with Gasteiger partial charge in [0.05, 0.1) is 20.2 Å². The molecule has 1 fully saturated rings. The van der Waals surface area contributed by atoms with Crippen molar-refractivity contribution >= 4 is 16.9 Å². The van der Waals surface area contributed by atoms with E-state index in [0.717, 1.165) is 5.17 Å². The number of nitrogens with zero attached hydrogens (tertiary/aromatic N) is 1. The highest BCUT2D eigenvalue weighted by atomic mass is 32.2. The molecule has 3 N–H and O–H groups in total. The highest BCUT2D eigenvalue weighted by molar-refractivity contribution is 8.14. The van der Waals surface area contributed by atoms with Gasteiger partial charge in [-0.3, -0.25) is 9.89 Å². The fraction of sp³-hybridized carbons (Fsp3) is 0.909. The average Bonchev–Trinajstić information content (AvgIpc) is 2.63. The van der Waals surface area contributed by atoms with Crippen LogP contribution in [0.1, 0.15) is 13.3 Å². The minimum absolute atomic E-state index is 0.107. The summed E-state index contributed by atoms with van der Waals surface area (Å²) in [6.07, 6.45) is -7.83. The Morgan fingerprint density at radius 2 is 2.05 bits per heavy atom. The smallest absolute Gasteiger partial charge is 0.390 e. The zero-order chi connectivity index (χ0) is 15.3. The predicted molar refractivity (Wildman–Crippen MR) is 67.6 cm³/mol. The maximum absolute atomic E-state index is 12.9. The van der Waals surface area contributed by atoms with Crippen LogP contribution in [0.2, 0.25) is 0 Å². The fourth-order valence-corrected chi connectivity index (χ4v) is 3.77. The monoisotopic (exact) mass is 315 g/mol. The number of rotatable bonds is 1. The van der Waals surface area contributed by atoms with Crippen molar-refractivity contribution in [2.24, 2.45) is 0 Å². The summed E-state index contributed by atoms with van der Waals surface area (Å²) in [4.78, 5) is 0. The van der Waals surface area contributed by atoms with Crippen molar-refractivity contribution in [3.05, 3.63) is 0 Å². The quantitative estimate of drug-likeness (QED) is 0.600. The number of fused-ring (bicyclic) bond motifs is 1. The van der Waals surface area contributed by atoms with Crippen LogP contribution >= 0.6 is 11.8 Å². The van der Waals surface area contributed by atoms with Gasteiger partial charge < -0.3 is 14.9 Å². The number of nitrogens with one attached hydrogen (secondary N) is 1. The van der Waals surface area contributed by atoms with Gasteiger partial charge in [-0.1, -0.05) is 0 Å². The minimum atomic E-state index is -4.86. The molecule has 2 rings (SSSR count). The molecule has 5 atom stereocenters. The molecule has 0 bridgehead atoms. The molecule has 2 aliphatic rings. The van der Waals surface area contributed by atoms with Gasteiger partial charge in [-0.25, -0.2) is 0 Å². The van der Waals surface area contributed by atoms with Crippen molar-refractivity contribution in [2.45, 2.75) is 48.8 Å². The van der Waals surface area contributed by atoms with Crippen LogP contribution in [0.3, 0.4) is 0 Å². The molecule has 0 saturated carbocycles. The molecule has 9 heteroatoms. The predicted octanol–water partition coefficient (Wildman–Crippen LogP) is 0.109. The van der Waals surface area contributed by atoms with Crippen LogP contribution in [0, 0.1) is 0 Å². The maximum atomic E-state index is 12.9. The number of ether oxygens (including phenoxy) is 1. The lowest BCUT2D eigenvalue weighted by Crippen LogP contribution is -2.62. The molecule has 0 aliphatic carbocycles. The van der Waals surface area contributed by atoms with Crippen LogP contribution < -0.4 is 5.32 Å². The third-order valence-corrected chi connectivity index (χ3v) is 5.19. The zero-order valence-electron chi connectivity index (χ0n) is 11.3. The van der Waals surface area contributed by atoms with Crippen LogP contribution in [0.5, 0.6) is 0 Å². The van der Waals surface area contributed by atoms with Crippen LogP contribution in [-0.4, -0.2) is 69.5 Å². The van der Waals surface area contributed by atoms with Gasteiger partial charge >= 0.3 is 11.3 Å². The molecule has 0 aromatic heterocycles. The number of aliphatic hydroxyl groups excluding tert-OH is 1. The van der Waals surface area contributed by atoms with Crippen LogP contribution in [0.15, 0.2) is 0 Å². The first-order valence-electron chi connectivity index (χ1n) is 6.16. The minimum Gasteiger partial charge on any atom is -0.390 e. The number of halogens is 3. The molecule has 20 heavy (non-hydrogen) atoms. The van der Waals surface area contributed by atoms with Crippen molar-refractivity contribution in [1.29, 1.82) is 0 Å². The maximum Gasteiger partial charge on any atom is 0.419 e. The fourth-order valence-electron chi connectivity index (χ4n) is 2.50. The Bertz CT molecular complexity index is 428. The summed E-state index contributed by atoms with van der Waals surface area (Å²) in [6, 6.07) is -0.224. The largest absolute Gasteiger partial charge is 0.419 e. The Morgan fingerprint density at radius 1 is 1.45 bits per heavy atom. The molecule has 0 radical (unpaired) electrons. The Morgan fingerprint density at radius 3 is 2.55 bits per heavy atom. The number of thioether (sulfide) groups is 1. The van der Waals surface area contributed by atoms with E-state index in [1.807, 2.05) is 4.58 Å². The molecule has 0 amide bonds. The molecule has 0 spiro atoms. The van der Waals surface area contributed by atoms with Crippen molar-refractivity contribution in [2.75, 3.05) is 14.1 Å². The van der Waals surface area contributed by atoms with Gasteiger partial charge in [0.2, 0.25) is 0 Å². The first-order valence-corrected chi connectivity index (χ1v) is 7.04. The summed E-state index contributed by atoms with van der Waals surface area (Å²) in [5.74, 6) is 0. The van der Waals surface area contributed by atoms with Gasteiger partial charge in [-0.2, -0.15) is 13.2 Å².